The quantitative estimate of drug-likeness (QED) is 0.823. The zero-order valence-electron chi connectivity index (χ0n) is 11.4. The first-order chi connectivity index (χ1) is 10.1. The second kappa shape index (κ2) is 7.14. The van der Waals surface area contributed by atoms with Crippen LogP contribution in [0.15, 0.2) is 24.3 Å². The Hall–Kier alpha value is -1.99. The van der Waals surface area contributed by atoms with Crippen molar-refractivity contribution in [3.8, 4) is 0 Å². The van der Waals surface area contributed by atoms with Gasteiger partial charge in [-0.05, 0) is 24.3 Å². The van der Waals surface area contributed by atoms with Gasteiger partial charge in [-0.15, -0.1) is 0 Å². The molecule has 0 saturated carbocycles. The Morgan fingerprint density at radius 3 is 2.81 bits per heavy atom. The van der Waals surface area contributed by atoms with E-state index < -0.39 is 11.9 Å². The highest BCUT2D eigenvalue weighted by atomic mass is 19.1. The summed E-state index contributed by atoms with van der Waals surface area (Å²) in [7, 11) is 0. The molecular weight excluding hydrogens is 279 g/mol. The Kier molecular flexibility index (Phi) is 5.24. The lowest BCUT2D eigenvalue weighted by Crippen LogP contribution is -2.49. The highest BCUT2D eigenvalue weighted by molar-refractivity contribution is 5.95. The van der Waals surface area contributed by atoms with E-state index in [0.717, 1.165) is 0 Å². The highest BCUT2D eigenvalue weighted by Gasteiger charge is 2.30. The maximum absolute atomic E-state index is 12.8. The molecule has 7 heteroatoms. The zero-order chi connectivity index (χ0) is 15.2. The van der Waals surface area contributed by atoms with E-state index in [1.54, 1.807) is 0 Å². The summed E-state index contributed by atoms with van der Waals surface area (Å²) in [6.45, 7) is 0.855. The van der Waals surface area contributed by atoms with Gasteiger partial charge in [0.1, 0.15) is 11.9 Å². The van der Waals surface area contributed by atoms with Crippen molar-refractivity contribution in [3.63, 3.8) is 0 Å². The van der Waals surface area contributed by atoms with Gasteiger partial charge in [0.05, 0.1) is 19.6 Å². The molecule has 1 fully saturated rings. The van der Waals surface area contributed by atoms with Crippen LogP contribution in [0.2, 0.25) is 0 Å². The monoisotopic (exact) mass is 296 g/mol. The van der Waals surface area contributed by atoms with Gasteiger partial charge >= 0.3 is 0 Å². The third-order valence-electron chi connectivity index (χ3n) is 3.14. The summed E-state index contributed by atoms with van der Waals surface area (Å²) in [5, 5.41) is 11.5. The standard InChI is InChI=1S/C14H17FN2O4/c15-10-1-3-11(4-2-10)16-13(19)9-12-14(20)17(5-7-18)6-8-21-12/h1-4,12,18H,5-9H2,(H,16,19). The Morgan fingerprint density at radius 1 is 1.43 bits per heavy atom. The Bertz CT molecular complexity index is 504. The predicted molar refractivity (Wildman–Crippen MR) is 73.1 cm³/mol. The van der Waals surface area contributed by atoms with E-state index in [2.05, 4.69) is 5.32 Å². The van der Waals surface area contributed by atoms with Crippen molar-refractivity contribution in [1.82, 2.24) is 4.90 Å². The molecule has 1 atom stereocenters. The maximum Gasteiger partial charge on any atom is 0.252 e. The topological polar surface area (TPSA) is 78.9 Å². The molecule has 6 nitrogen and oxygen atoms in total. The number of halogens is 1. The van der Waals surface area contributed by atoms with Gasteiger partial charge in [-0.3, -0.25) is 9.59 Å². The van der Waals surface area contributed by atoms with E-state index >= 15 is 0 Å². The summed E-state index contributed by atoms with van der Waals surface area (Å²) in [6.07, 6.45) is -0.955. The molecule has 1 heterocycles. The van der Waals surface area contributed by atoms with Crippen molar-refractivity contribution in [2.75, 3.05) is 31.6 Å². The number of ether oxygens (including phenoxy) is 1. The Balaban J connectivity index is 1.89. The van der Waals surface area contributed by atoms with Crippen molar-refractivity contribution >= 4 is 17.5 Å². The lowest BCUT2D eigenvalue weighted by molar-refractivity contribution is -0.155. The van der Waals surface area contributed by atoms with Crippen molar-refractivity contribution in [1.29, 1.82) is 0 Å². The molecule has 1 aliphatic rings. The number of aliphatic hydroxyl groups excluding tert-OH is 1. The smallest absolute Gasteiger partial charge is 0.252 e. The van der Waals surface area contributed by atoms with Crippen LogP contribution in [0.1, 0.15) is 6.42 Å². The molecule has 1 aromatic carbocycles. The number of amides is 2. The van der Waals surface area contributed by atoms with E-state index in [1.165, 1.54) is 29.2 Å². The Morgan fingerprint density at radius 2 is 2.14 bits per heavy atom. The summed E-state index contributed by atoms with van der Waals surface area (Å²) in [4.78, 5) is 25.4. The normalized spacial score (nSPS) is 18.7. The molecule has 2 N–H and O–H groups in total. The number of nitrogens with zero attached hydrogens (tertiary/aromatic N) is 1. The predicted octanol–water partition coefficient (Wildman–Crippen LogP) is 0.374. The molecule has 0 radical (unpaired) electrons. The zero-order valence-corrected chi connectivity index (χ0v) is 11.4. The summed E-state index contributed by atoms with van der Waals surface area (Å²) >= 11 is 0. The second-order valence-corrected chi connectivity index (χ2v) is 4.67. The lowest BCUT2D eigenvalue weighted by atomic mass is 10.1. The molecule has 1 aliphatic heterocycles. The summed E-state index contributed by atoms with van der Waals surface area (Å²) < 4.78 is 18.1. The molecule has 0 bridgehead atoms. The number of morpholine rings is 1. The number of hydrogen-bond donors (Lipinski definition) is 2. The first-order valence-corrected chi connectivity index (χ1v) is 6.67. The van der Waals surface area contributed by atoms with E-state index in [9.17, 15) is 14.0 Å². The van der Waals surface area contributed by atoms with Gasteiger partial charge in [0, 0.05) is 18.8 Å². The number of aliphatic hydroxyl groups is 1. The fourth-order valence-corrected chi connectivity index (χ4v) is 2.09. The number of carbonyl (C=O) groups is 2. The minimum atomic E-state index is -0.842. The minimum absolute atomic E-state index is 0.113. The lowest BCUT2D eigenvalue weighted by Gasteiger charge is -2.31. The van der Waals surface area contributed by atoms with Crippen LogP contribution in [0.25, 0.3) is 0 Å². The van der Waals surface area contributed by atoms with Gasteiger partial charge in [0.15, 0.2) is 0 Å². The second-order valence-electron chi connectivity index (χ2n) is 4.67. The van der Waals surface area contributed by atoms with Crippen LogP contribution in [-0.4, -0.2) is 54.2 Å². The van der Waals surface area contributed by atoms with Crippen LogP contribution in [0, 0.1) is 5.82 Å². The van der Waals surface area contributed by atoms with Gasteiger partial charge in [0.25, 0.3) is 5.91 Å². The summed E-state index contributed by atoms with van der Waals surface area (Å²) in [5.74, 6) is -1.08. The van der Waals surface area contributed by atoms with Crippen molar-refractivity contribution < 1.29 is 23.8 Å². The van der Waals surface area contributed by atoms with Crippen LogP contribution in [0.5, 0.6) is 0 Å². The van der Waals surface area contributed by atoms with Crippen LogP contribution >= 0.6 is 0 Å². The largest absolute Gasteiger partial charge is 0.395 e. The molecule has 21 heavy (non-hydrogen) atoms. The molecule has 1 aromatic rings. The number of carbonyl (C=O) groups excluding carboxylic acids is 2. The average Bonchev–Trinajstić information content (AvgIpc) is 2.46. The van der Waals surface area contributed by atoms with E-state index in [1.807, 2.05) is 0 Å². The Labute approximate surface area is 121 Å². The van der Waals surface area contributed by atoms with Crippen LogP contribution in [-0.2, 0) is 14.3 Å². The van der Waals surface area contributed by atoms with Gasteiger partial charge in [-0.1, -0.05) is 0 Å². The first-order valence-electron chi connectivity index (χ1n) is 6.67. The van der Waals surface area contributed by atoms with Crippen LogP contribution in [0.3, 0.4) is 0 Å². The molecule has 0 aromatic heterocycles. The molecular formula is C14H17FN2O4. The van der Waals surface area contributed by atoms with Gasteiger partial charge in [-0.2, -0.15) is 0 Å². The highest BCUT2D eigenvalue weighted by Crippen LogP contribution is 2.13. The molecule has 0 spiro atoms. The third kappa shape index (κ3) is 4.24. The number of anilines is 1. The molecule has 0 aliphatic carbocycles. The SMILES string of the molecule is O=C(CC1OCCN(CCO)C1=O)Nc1ccc(F)cc1. The van der Waals surface area contributed by atoms with E-state index in [-0.39, 0.29) is 31.4 Å². The number of benzene rings is 1. The summed E-state index contributed by atoms with van der Waals surface area (Å²) in [5.41, 5.74) is 0.455. The van der Waals surface area contributed by atoms with Gasteiger partial charge < -0.3 is 20.1 Å². The minimum Gasteiger partial charge on any atom is -0.395 e. The fourth-order valence-electron chi connectivity index (χ4n) is 2.09. The fraction of sp³-hybridized carbons (Fsp3) is 0.429. The summed E-state index contributed by atoms with van der Waals surface area (Å²) in [6, 6.07) is 5.35. The van der Waals surface area contributed by atoms with Crippen molar-refractivity contribution in [2.24, 2.45) is 0 Å². The first kappa shape index (κ1) is 15.4. The van der Waals surface area contributed by atoms with E-state index in [0.29, 0.717) is 18.8 Å². The molecule has 1 saturated heterocycles. The van der Waals surface area contributed by atoms with Gasteiger partial charge in [0.2, 0.25) is 5.91 Å². The molecule has 2 rings (SSSR count). The molecule has 2 amide bonds. The van der Waals surface area contributed by atoms with Gasteiger partial charge in [-0.25, -0.2) is 4.39 Å². The van der Waals surface area contributed by atoms with Crippen LogP contribution in [0.4, 0.5) is 10.1 Å². The average molecular weight is 296 g/mol. The van der Waals surface area contributed by atoms with Crippen molar-refractivity contribution in [3.05, 3.63) is 30.1 Å². The maximum atomic E-state index is 12.8. The number of hydrogen-bond acceptors (Lipinski definition) is 4. The molecule has 1 unspecified atom stereocenters. The number of β-amino-alcohol motifs (C(OH)–C–C–N with tert-alkyl or cyclic N) is 1. The van der Waals surface area contributed by atoms with E-state index in [4.69, 9.17) is 9.84 Å². The van der Waals surface area contributed by atoms with Crippen LogP contribution < -0.4 is 5.32 Å². The number of nitrogens with one attached hydrogen (secondary N) is 1. The van der Waals surface area contributed by atoms with Crippen molar-refractivity contribution in [2.45, 2.75) is 12.5 Å². The number of rotatable bonds is 5. The molecule has 114 valence electrons. The third-order valence-corrected chi connectivity index (χ3v) is 3.14.